The molecule has 0 fully saturated rings. The van der Waals surface area contributed by atoms with Gasteiger partial charge in [-0.15, -0.1) is 0 Å². The largest absolute Gasteiger partial charge is 0.0622 e. The Labute approximate surface area is 182 Å². The molecule has 0 heterocycles. The van der Waals surface area contributed by atoms with Gasteiger partial charge in [-0.1, -0.05) is 135 Å². The van der Waals surface area contributed by atoms with Crippen LogP contribution in [0.1, 0.15) is 13.8 Å². The fourth-order valence-corrected chi connectivity index (χ4v) is 12.8. The van der Waals surface area contributed by atoms with Crippen molar-refractivity contribution < 1.29 is 0 Å². The van der Waals surface area contributed by atoms with Gasteiger partial charge in [-0.3, -0.25) is 0 Å². The van der Waals surface area contributed by atoms with Gasteiger partial charge in [-0.25, -0.2) is 0 Å². The zero-order valence-electron chi connectivity index (χ0n) is 17.6. The van der Waals surface area contributed by atoms with E-state index in [1.165, 1.54) is 21.2 Å². The molecular weight excluding hydrogens is 398 g/mol. The molecule has 0 unspecified atom stereocenters. The van der Waals surface area contributed by atoms with Gasteiger partial charge in [0.2, 0.25) is 0 Å². The lowest BCUT2D eigenvalue weighted by Gasteiger charge is -2.34. The highest BCUT2D eigenvalue weighted by atomic mass is 31.2. The average Bonchev–Trinajstić information content (AvgIpc) is 2.82. The Morgan fingerprint density at radius 3 is 1.20 bits per heavy atom. The van der Waals surface area contributed by atoms with Gasteiger partial charge in [0.1, 0.15) is 0 Å². The molecule has 2 heteroatoms. The summed E-state index contributed by atoms with van der Waals surface area (Å²) < 4.78 is 0. The Hall–Kier alpha value is -2.39. The summed E-state index contributed by atoms with van der Waals surface area (Å²) in [5.74, 6) is 0. The van der Waals surface area contributed by atoms with Crippen LogP contribution >= 0.6 is 14.8 Å². The first kappa shape index (κ1) is 20.9. The third-order valence-electron chi connectivity index (χ3n) is 5.55. The van der Waals surface area contributed by atoms with Crippen molar-refractivity contribution in [3.05, 3.63) is 121 Å². The molecule has 0 bridgehead atoms. The number of hydrogen-bond acceptors (Lipinski definition) is 0. The molecular formula is C28H28P2. The molecule has 0 amide bonds. The molecule has 0 aromatic heterocycles. The lowest BCUT2D eigenvalue weighted by atomic mass is 10.4. The van der Waals surface area contributed by atoms with Gasteiger partial charge in [0, 0.05) is 0 Å². The van der Waals surface area contributed by atoms with Crippen LogP contribution in [0, 0.1) is 0 Å². The molecule has 30 heavy (non-hydrogen) atoms. The summed E-state index contributed by atoms with van der Waals surface area (Å²) in [5, 5.41) is 5.75. The van der Waals surface area contributed by atoms with Crippen LogP contribution in [-0.2, 0) is 0 Å². The van der Waals surface area contributed by atoms with Crippen LogP contribution in [0.15, 0.2) is 121 Å². The van der Waals surface area contributed by atoms with Gasteiger partial charge in [0.05, 0.1) is 0 Å². The normalized spacial score (nSPS) is 11.6. The first-order chi connectivity index (χ1) is 14.7. The highest BCUT2D eigenvalue weighted by Gasteiger charge is 2.28. The Bertz CT molecular complexity index is 1020. The summed E-state index contributed by atoms with van der Waals surface area (Å²) in [6, 6.07) is 44.4. The molecule has 0 aliphatic heterocycles. The van der Waals surface area contributed by atoms with Crippen molar-refractivity contribution >= 4 is 41.6 Å². The fraction of sp³-hybridized carbons (Fsp3) is 0.107. The highest BCUT2D eigenvalue weighted by Crippen LogP contribution is 2.54. The van der Waals surface area contributed by atoms with Crippen molar-refractivity contribution in [2.24, 2.45) is 0 Å². The Morgan fingerprint density at radius 2 is 0.867 bits per heavy atom. The molecule has 0 atom stereocenters. The van der Waals surface area contributed by atoms with E-state index >= 15 is 0 Å². The second-order valence-electron chi connectivity index (χ2n) is 7.70. The first-order valence-electron chi connectivity index (χ1n) is 10.5. The lowest BCUT2D eigenvalue weighted by Crippen LogP contribution is -2.26. The summed E-state index contributed by atoms with van der Waals surface area (Å²) in [5.41, 5.74) is 3.27. The van der Waals surface area contributed by atoms with Crippen LogP contribution in [0.4, 0.5) is 0 Å². The minimum Gasteiger partial charge on any atom is -0.0622 e. The number of hydrogen-bond donors (Lipinski definition) is 0. The predicted octanol–water partition coefficient (Wildman–Crippen LogP) is 5.96. The van der Waals surface area contributed by atoms with Crippen LogP contribution in [0.3, 0.4) is 0 Å². The van der Waals surface area contributed by atoms with Crippen LogP contribution in [-0.4, -0.2) is 11.2 Å². The summed E-state index contributed by atoms with van der Waals surface area (Å²) in [4.78, 5) is 0. The van der Waals surface area contributed by atoms with E-state index < -0.39 is 14.8 Å². The minimum absolute atomic E-state index is 0.514. The maximum Gasteiger partial charge on any atom is -0.0156 e. The summed E-state index contributed by atoms with van der Waals surface area (Å²) >= 11 is 0. The van der Waals surface area contributed by atoms with Crippen LogP contribution < -0.4 is 21.2 Å². The second-order valence-corrected chi connectivity index (χ2v) is 14.0. The lowest BCUT2D eigenvalue weighted by molar-refractivity contribution is 1.10. The van der Waals surface area contributed by atoms with E-state index in [2.05, 4.69) is 141 Å². The van der Waals surface area contributed by atoms with Gasteiger partial charge in [-0.05, 0) is 47.2 Å². The summed E-state index contributed by atoms with van der Waals surface area (Å²) in [6.07, 6.45) is 0. The zero-order chi connectivity index (χ0) is 20.8. The van der Waals surface area contributed by atoms with Crippen molar-refractivity contribution in [2.75, 3.05) is 0 Å². The van der Waals surface area contributed by atoms with E-state index in [4.69, 9.17) is 0 Å². The average molecular weight is 426 g/mol. The van der Waals surface area contributed by atoms with E-state index in [1.807, 2.05) is 0 Å². The highest BCUT2D eigenvalue weighted by molar-refractivity contribution is 8.05. The van der Waals surface area contributed by atoms with E-state index in [9.17, 15) is 0 Å². The van der Waals surface area contributed by atoms with Crippen LogP contribution in [0.2, 0.25) is 0 Å². The van der Waals surface area contributed by atoms with Gasteiger partial charge < -0.3 is 0 Å². The van der Waals surface area contributed by atoms with Crippen molar-refractivity contribution in [3.8, 4) is 0 Å². The third-order valence-corrected chi connectivity index (χ3v) is 13.6. The minimum atomic E-state index is -1.76. The molecule has 0 nitrogen and oxygen atoms in total. The van der Waals surface area contributed by atoms with E-state index in [0.717, 1.165) is 0 Å². The van der Waals surface area contributed by atoms with Crippen LogP contribution in [0.25, 0.3) is 0 Å². The molecule has 4 aromatic rings. The Balaban J connectivity index is 2.06. The fourth-order valence-electron chi connectivity index (χ4n) is 4.00. The van der Waals surface area contributed by atoms with Gasteiger partial charge in [0.25, 0.3) is 0 Å². The number of rotatable bonds is 6. The molecule has 0 saturated heterocycles. The van der Waals surface area contributed by atoms with Gasteiger partial charge >= 0.3 is 0 Å². The van der Waals surface area contributed by atoms with E-state index in [-0.39, 0.29) is 0 Å². The monoisotopic (exact) mass is 426 g/mol. The summed E-state index contributed by atoms with van der Waals surface area (Å²) in [7, 11) is -0.594. The molecule has 4 aromatic carbocycles. The van der Waals surface area contributed by atoms with Crippen molar-refractivity contribution in [2.45, 2.75) is 19.5 Å². The van der Waals surface area contributed by atoms with Crippen molar-refractivity contribution in [3.63, 3.8) is 0 Å². The van der Waals surface area contributed by atoms with Crippen LogP contribution in [0.5, 0.6) is 0 Å². The third kappa shape index (κ3) is 4.22. The summed E-state index contributed by atoms with van der Waals surface area (Å²) in [6.45, 7) is 3.04. The maximum absolute atomic E-state index is 2.75. The SMILES string of the molecule is CC(C)P(=CP(c1ccccc1)c1ccccc1)(c1ccccc1)c1ccccc1. The van der Waals surface area contributed by atoms with Crippen molar-refractivity contribution in [1.29, 1.82) is 0 Å². The topological polar surface area (TPSA) is 0 Å². The van der Waals surface area contributed by atoms with Crippen molar-refractivity contribution in [1.82, 2.24) is 0 Å². The predicted molar refractivity (Wildman–Crippen MR) is 139 cm³/mol. The molecule has 0 aliphatic rings. The number of benzene rings is 4. The standard InChI is InChI=1S/C28H28P2/c1-24(2)30(27-19-11-5-12-20-27,28-21-13-6-14-22-28)23-29(25-15-7-3-8-16-25)26-17-9-4-10-18-26/h3-24H,1-2H3. The Kier molecular flexibility index (Phi) is 6.69. The molecule has 4 rings (SSSR count). The maximum atomic E-state index is 2.75. The second kappa shape index (κ2) is 9.61. The molecule has 0 spiro atoms. The molecule has 0 aliphatic carbocycles. The molecule has 0 N–H and O–H groups in total. The van der Waals surface area contributed by atoms with E-state index in [1.54, 1.807) is 0 Å². The smallest absolute Gasteiger partial charge is 0.0156 e. The first-order valence-corrected chi connectivity index (χ1v) is 13.8. The molecule has 150 valence electrons. The zero-order valence-corrected chi connectivity index (χ0v) is 19.4. The van der Waals surface area contributed by atoms with E-state index in [0.29, 0.717) is 5.66 Å². The quantitative estimate of drug-likeness (QED) is 0.334. The van der Waals surface area contributed by atoms with Gasteiger partial charge in [-0.2, -0.15) is 0 Å². The molecule has 0 radical (unpaired) electrons. The van der Waals surface area contributed by atoms with Gasteiger partial charge in [0.15, 0.2) is 0 Å². The molecule has 0 saturated carbocycles. The Morgan fingerprint density at radius 1 is 0.533 bits per heavy atom.